The van der Waals surface area contributed by atoms with E-state index in [1.54, 1.807) is 7.11 Å². The van der Waals surface area contributed by atoms with Crippen LogP contribution in [-0.2, 0) is 16.0 Å². The number of hydrogen-bond acceptors (Lipinski definition) is 5. The predicted octanol–water partition coefficient (Wildman–Crippen LogP) is 1.04. The molecule has 1 aliphatic heterocycles. The van der Waals surface area contributed by atoms with Crippen molar-refractivity contribution in [1.29, 1.82) is 0 Å². The highest BCUT2D eigenvalue weighted by Crippen LogP contribution is 2.17. The summed E-state index contributed by atoms with van der Waals surface area (Å²) in [6.07, 6.45) is 1.94. The number of ether oxygens (including phenoxy) is 2. The third kappa shape index (κ3) is 4.16. The van der Waals surface area contributed by atoms with Crippen LogP contribution in [0.25, 0.3) is 0 Å². The van der Waals surface area contributed by atoms with Gasteiger partial charge in [-0.3, -0.25) is 0 Å². The number of nitrogens with one attached hydrogen (secondary N) is 1. The van der Waals surface area contributed by atoms with Crippen molar-refractivity contribution in [2.24, 2.45) is 0 Å². The number of anilines is 1. The normalized spacial score (nSPS) is 19.7. The average molecular weight is 265 g/mol. The van der Waals surface area contributed by atoms with Crippen LogP contribution >= 0.6 is 0 Å². The van der Waals surface area contributed by atoms with Gasteiger partial charge in [0.15, 0.2) is 0 Å². The molecule has 2 rings (SSSR count). The second-order valence-corrected chi connectivity index (χ2v) is 4.81. The number of pyridine rings is 1. The van der Waals surface area contributed by atoms with Crippen LogP contribution in [0.5, 0.6) is 0 Å². The smallest absolute Gasteiger partial charge is 0.128 e. The van der Waals surface area contributed by atoms with E-state index in [4.69, 9.17) is 9.47 Å². The number of rotatable bonds is 6. The first kappa shape index (κ1) is 14.2. The fraction of sp³-hybridized carbons (Fsp3) is 0.643. The molecule has 1 aromatic rings. The van der Waals surface area contributed by atoms with Crippen molar-refractivity contribution in [3.63, 3.8) is 0 Å². The zero-order chi connectivity index (χ0) is 13.5. The minimum absolute atomic E-state index is 0.395. The molecule has 1 unspecified atom stereocenters. The molecule has 1 atom stereocenters. The van der Waals surface area contributed by atoms with E-state index >= 15 is 0 Å². The first-order valence-corrected chi connectivity index (χ1v) is 6.80. The Bertz CT molecular complexity index is 369. The fourth-order valence-electron chi connectivity index (χ4n) is 2.17. The Labute approximate surface area is 114 Å². The van der Waals surface area contributed by atoms with Crippen LogP contribution in [0.4, 0.5) is 5.82 Å². The van der Waals surface area contributed by atoms with Crippen LogP contribution in [0.2, 0.25) is 0 Å². The molecule has 0 spiro atoms. The van der Waals surface area contributed by atoms with Crippen molar-refractivity contribution in [1.82, 2.24) is 10.3 Å². The highest BCUT2D eigenvalue weighted by Gasteiger charge is 2.19. The zero-order valence-corrected chi connectivity index (χ0v) is 11.8. The molecule has 0 radical (unpaired) electrons. The molecule has 0 aliphatic carbocycles. The first-order valence-electron chi connectivity index (χ1n) is 6.80. The molecule has 1 aliphatic rings. The predicted molar refractivity (Wildman–Crippen MR) is 75.4 cm³/mol. The summed E-state index contributed by atoms with van der Waals surface area (Å²) in [5.41, 5.74) is 1.20. The van der Waals surface area contributed by atoms with Crippen molar-refractivity contribution in [3.05, 3.63) is 23.9 Å². The van der Waals surface area contributed by atoms with Gasteiger partial charge in [0.05, 0.1) is 25.9 Å². The van der Waals surface area contributed by atoms with E-state index in [1.165, 1.54) is 5.56 Å². The molecule has 1 aromatic heterocycles. The molecule has 106 valence electrons. The third-order valence-electron chi connectivity index (χ3n) is 3.28. The van der Waals surface area contributed by atoms with E-state index in [1.807, 2.05) is 6.20 Å². The lowest BCUT2D eigenvalue weighted by Crippen LogP contribution is -2.44. The summed E-state index contributed by atoms with van der Waals surface area (Å²) < 4.78 is 10.4. The maximum atomic E-state index is 5.44. The Morgan fingerprint density at radius 2 is 2.42 bits per heavy atom. The van der Waals surface area contributed by atoms with Crippen LogP contribution in [0.3, 0.4) is 0 Å². The molecule has 0 bridgehead atoms. The molecule has 0 aromatic carbocycles. The molecule has 1 N–H and O–H groups in total. The molecule has 5 nitrogen and oxygen atoms in total. The maximum absolute atomic E-state index is 5.44. The van der Waals surface area contributed by atoms with Gasteiger partial charge in [-0.1, -0.05) is 6.07 Å². The standard InChI is InChI=1S/C14H23N3O2/c1-12-11-19-8-6-17(12)14-4-3-13(10-16-14)9-15-5-7-18-2/h3-4,10,12,15H,5-9,11H2,1-2H3. The Morgan fingerprint density at radius 3 is 3.11 bits per heavy atom. The number of morpholine rings is 1. The minimum atomic E-state index is 0.395. The van der Waals surface area contributed by atoms with E-state index in [2.05, 4.69) is 34.3 Å². The first-order chi connectivity index (χ1) is 9.31. The third-order valence-corrected chi connectivity index (χ3v) is 3.28. The van der Waals surface area contributed by atoms with Gasteiger partial charge in [0, 0.05) is 32.9 Å². The number of methoxy groups -OCH3 is 1. The molecule has 0 amide bonds. The van der Waals surface area contributed by atoms with Gasteiger partial charge in [-0.05, 0) is 18.6 Å². The number of hydrogen-bond donors (Lipinski definition) is 1. The van der Waals surface area contributed by atoms with Gasteiger partial charge < -0.3 is 19.7 Å². The lowest BCUT2D eigenvalue weighted by atomic mass is 10.2. The minimum Gasteiger partial charge on any atom is -0.383 e. The SMILES string of the molecule is COCCNCc1ccc(N2CCOCC2C)nc1. The monoisotopic (exact) mass is 265 g/mol. The molecule has 19 heavy (non-hydrogen) atoms. The second kappa shape index (κ2) is 7.43. The van der Waals surface area contributed by atoms with E-state index in [9.17, 15) is 0 Å². The fourth-order valence-corrected chi connectivity index (χ4v) is 2.17. The van der Waals surface area contributed by atoms with E-state index < -0.39 is 0 Å². The second-order valence-electron chi connectivity index (χ2n) is 4.81. The summed E-state index contributed by atoms with van der Waals surface area (Å²) in [6, 6.07) is 4.62. The van der Waals surface area contributed by atoms with E-state index in [0.717, 1.165) is 45.3 Å². The van der Waals surface area contributed by atoms with Crippen LogP contribution in [0, 0.1) is 0 Å². The van der Waals surface area contributed by atoms with Crippen LogP contribution in [0.1, 0.15) is 12.5 Å². The van der Waals surface area contributed by atoms with Gasteiger partial charge in [0.1, 0.15) is 5.82 Å². The summed E-state index contributed by atoms with van der Waals surface area (Å²) in [6.45, 7) is 7.07. The van der Waals surface area contributed by atoms with Gasteiger partial charge in [0.2, 0.25) is 0 Å². The van der Waals surface area contributed by atoms with Crippen molar-refractivity contribution in [2.75, 3.05) is 44.9 Å². The highest BCUT2D eigenvalue weighted by atomic mass is 16.5. The van der Waals surface area contributed by atoms with Crippen molar-refractivity contribution < 1.29 is 9.47 Å². The maximum Gasteiger partial charge on any atom is 0.128 e. The Kier molecular flexibility index (Phi) is 5.57. The van der Waals surface area contributed by atoms with Crippen LogP contribution in [-0.4, -0.2) is 51.0 Å². The van der Waals surface area contributed by atoms with Crippen LogP contribution < -0.4 is 10.2 Å². The average Bonchev–Trinajstić information content (AvgIpc) is 2.45. The van der Waals surface area contributed by atoms with Crippen molar-refractivity contribution in [3.8, 4) is 0 Å². The topological polar surface area (TPSA) is 46.6 Å². The molecule has 2 heterocycles. The summed E-state index contributed by atoms with van der Waals surface area (Å²) in [4.78, 5) is 6.85. The molecule has 1 saturated heterocycles. The summed E-state index contributed by atoms with van der Waals surface area (Å²) in [7, 11) is 1.71. The zero-order valence-electron chi connectivity index (χ0n) is 11.8. The van der Waals surface area contributed by atoms with Crippen LogP contribution in [0.15, 0.2) is 18.3 Å². The van der Waals surface area contributed by atoms with Crippen molar-refractivity contribution in [2.45, 2.75) is 19.5 Å². The van der Waals surface area contributed by atoms with Gasteiger partial charge in [-0.15, -0.1) is 0 Å². The summed E-state index contributed by atoms with van der Waals surface area (Å²) >= 11 is 0. The number of aromatic nitrogens is 1. The lowest BCUT2D eigenvalue weighted by molar-refractivity contribution is 0.0985. The Morgan fingerprint density at radius 1 is 1.53 bits per heavy atom. The molecular formula is C14H23N3O2. The Hall–Kier alpha value is -1.17. The van der Waals surface area contributed by atoms with Gasteiger partial charge in [-0.2, -0.15) is 0 Å². The van der Waals surface area contributed by atoms with E-state index in [0.29, 0.717) is 6.04 Å². The summed E-state index contributed by atoms with van der Waals surface area (Å²) in [5.74, 6) is 1.04. The number of nitrogens with zero attached hydrogens (tertiary/aromatic N) is 2. The van der Waals surface area contributed by atoms with Gasteiger partial charge in [-0.25, -0.2) is 4.98 Å². The summed E-state index contributed by atoms with van der Waals surface area (Å²) in [5, 5.41) is 3.31. The molecule has 1 fully saturated rings. The van der Waals surface area contributed by atoms with Gasteiger partial charge >= 0.3 is 0 Å². The molecule has 5 heteroatoms. The quantitative estimate of drug-likeness (QED) is 0.779. The van der Waals surface area contributed by atoms with Gasteiger partial charge in [0.25, 0.3) is 0 Å². The lowest BCUT2D eigenvalue weighted by Gasteiger charge is -2.34. The largest absolute Gasteiger partial charge is 0.383 e. The highest BCUT2D eigenvalue weighted by molar-refractivity contribution is 5.40. The molecular weight excluding hydrogens is 242 g/mol. The van der Waals surface area contributed by atoms with E-state index in [-0.39, 0.29) is 0 Å². The van der Waals surface area contributed by atoms with Crippen molar-refractivity contribution >= 4 is 5.82 Å². The molecule has 0 saturated carbocycles. The Balaban J connectivity index is 1.87.